The number of para-hydroxylation sites is 1. The maximum atomic E-state index is 13.4. The predicted molar refractivity (Wildman–Crippen MR) is 127 cm³/mol. The number of likely N-dealkylation sites (tertiary alicyclic amines) is 1. The van der Waals surface area contributed by atoms with Gasteiger partial charge in [-0.25, -0.2) is 8.42 Å². The van der Waals surface area contributed by atoms with Gasteiger partial charge >= 0.3 is 0 Å². The summed E-state index contributed by atoms with van der Waals surface area (Å²) >= 11 is 0. The Bertz CT molecular complexity index is 1100. The Morgan fingerprint density at radius 1 is 1.03 bits per heavy atom. The zero-order valence-corrected chi connectivity index (χ0v) is 19.8. The number of rotatable bonds is 7. The average molecular weight is 470 g/mol. The van der Waals surface area contributed by atoms with Crippen molar-refractivity contribution in [1.82, 2.24) is 9.21 Å². The first kappa shape index (κ1) is 23.4. The number of nitrogens with zero attached hydrogens (tertiary/aromatic N) is 2. The molecular formula is C25H31N3O4S. The first-order valence-corrected chi connectivity index (χ1v) is 13.0. The molecule has 4 rings (SSSR count). The highest BCUT2D eigenvalue weighted by molar-refractivity contribution is 7.89. The molecule has 2 amide bonds. The lowest BCUT2D eigenvalue weighted by Gasteiger charge is -2.31. The van der Waals surface area contributed by atoms with E-state index in [2.05, 4.69) is 5.32 Å². The van der Waals surface area contributed by atoms with Gasteiger partial charge < -0.3 is 10.2 Å². The second-order valence-corrected chi connectivity index (χ2v) is 10.9. The van der Waals surface area contributed by atoms with Crippen LogP contribution in [0.5, 0.6) is 0 Å². The van der Waals surface area contributed by atoms with E-state index in [1.54, 1.807) is 30.1 Å². The minimum absolute atomic E-state index is 0.0218. The molecule has 1 saturated carbocycles. The summed E-state index contributed by atoms with van der Waals surface area (Å²) in [6.45, 7) is 0.775. The first-order chi connectivity index (χ1) is 15.9. The molecule has 1 atom stereocenters. The molecule has 1 aliphatic heterocycles. The largest absolute Gasteiger partial charge is 0.338 e. The lowest BCUT2D eigenvalue weighted by molar-refractivity contribution is -0.128. The van der Waals surface area contributed by atoms with Crippen molar-refractivity contribution in [3.05, 3.63) is 60.2 Å². The van der Waals surface area contributed by atoms with Gasteiger partial charge in [-0.3, -0.25) is 9.59 Å². The van der Waals surface area contributed by atoms with Crippen LogP contribution < -0.4 is 5.32 Å². The van der Waals surface area contributed by atoms with Gasteiger partial charge in [-0.1, -0.05) is 61.7 Å². The van der Waals surface area contributed by atoms with E-state index in [0.717, 1.165) is 37.7 Å². The molecule has 0 bridgehead atoms. The maximum absolute atomic E-state index is 13.4. The summed E-state index contributed by atoms with van der Waals surface area (Å²) in [5, 5.41) is 2.80. The summed E-state index contributed by atoms with van der Waals surface area (Å²) in [5.74, 6) is -0.924. The molecular weight excluding hydrogens is 438 g/mol. The second-order valence-electron chi connectivity index (χ2n) is 8.96. The highest BCUT2D eigenvalue weighted by atomic mass is 32.2. The molecule has 0 unspecified atom stereocenters. The molecule has 0 aromatic heterocycles. The van der Waals surface area contributed by atoms with Crippen LogP contribution in [0.25, 0.3) is 0 Å². The standard InChI is InChI=1S/C25H31N3O4S/c1-27(21-12-6-3-7-13-21)33(31,32)23-15-9-8-14-22(23)26-25(30)20-16-24(29)28(18-20)17-19-10-4-2-5-11-19/h2,4-5,8-11,14-15,20-21H,3,6-7,12-13,16-18H2,1H3,(H,26,30)/t20-/m1/s1. The molecule has 33 heavy (non-hydrogen) atoms. The Labute approximate surface area is 195 Å². The normalized spacial score (nSPS) is 19.8. The van der Waals surface area contributed by atoms with E-state index in [0.29, 0.717) is 13.1 Å². The third-order valence-electron chi connectivity index (χ3n) is 6.69. The number of anilines is 1. The molecule has 2 fully saturated rings. The average Bonchev–Trinajstić information content (AvgIpc) is 3.20. The number of hydrogen-bond acceptors (Lipinski definition) is 4. The molecule has 1 aliphatic carbocycles. The van der Waals surface area contributed by atoms with Crippen LogP contribution in [0.1, 0.15) is 44.1 Å². The quantitative estimate of drug-likeness (QED) is 0.671. The number of nitrogens with one attached hydrogen (secondary N) is 1. The van der Waals surface area contributed by atoms with Gasteiger partial charge in [0, 0.05) is 32.6 Å². The smallest absolute Gasteiger partial charge is 0.245 e. The van der Waals surface area contributed by atoms with E-state index >= 15 is 0 Å². The van der Waals surface area contributed by atoms with E-state index in [1.807, 2.05) is 30.3 Å². The van der Waals surface area contributed by atoms with Crippen LogP contribution in [-0.2, 0) is 26.2 Å². The Morgan fingerprint density at radius 2 is 1.70 bits per heavy atom. The maximum Gasteiger partial charge on any atom is 0.245 e. The van der Waals surface area contributed by atoms with Gasteiger partial charge in [-0.05, 0) is 30.5 Å². The third kappa shape index (κ3) is 5.28. The van der Waals surface area contributed by atoms with Crippen LogP contribution >= 0.6 is 0 Å². The first-order valence-electron chi connectivity index (χ1n) is 11.6. The predicted octanol–water partition coefficient (Wildman–Crippen LogP) is 3.63. The van der Waals surface area contributed by atoms with Crippen molar-refractivity contribution in [2.24, 2.45) is 5.92 Å². The Morgan fingerprint density at radius 3 is 2.42 bits per heavy atom. The zero-order valence-electron chi connectivity index (χ0n) is 18.9. The SMILES string of the molecule is CN(C1CCCCC1)S(=O)(=O)c1ccccc1NC(=O)[C@@H]1CC(=O)N(Cc2ccccc2)C1. The molecule has 1 heterocycles. The van der Waals surface area contributed by atoms with Crippen molar-refractivity contribution >= 4 is 27.5 Å². The third-order valence-corrected chi connectivity index (χ3v) is 8.66. The van der Waals surface area contributed by atoms with Gasteiger partial charge in [0.15, 0.2) is 0 Å². The molecule has 2 aliphatic rings. The van der Waals surface area contributed by atoms with E-state index < -0.39 is 15.9 Å². The fourth-order valence-corrected chi connectivity index (χ4v) is 6.29. The summed E-state index contributed by atoms with van der Waals surface area (Å²) in [5.41, 5.74) is 1.27. The molecule has 8 heteroatoms. The molecule has 176 valence electrons. The monoisotopic (exact) mass is 469 g/mol. The number of carbonyl (C=O) groups is 2. The zero-order chi connectivity index (χ0) is 23.4. The number of sulfonamides is 1. The Kier molecular flexibility index (Phi) is 7.14. The number of hydrogen-bond donors (Lipinski definition) is 1. The lowest BCUT2D eigenvalue weighted by Crippen LogP contribution is -2.38. The highest BCUT2D eigenvalue weighted by Gasteiger charge is 2.36. The molecule has 2 aromatic carbocycles. The van der Waals surface area contributed by atoms with Crippen LogP contribution in [0.4, 0.5) is 5.69 Å². The summed E-state index contributed by atoms with van der Waals surface area (Å²) in [6, 6.07) is 16.1. The fourth-order valence-electron chi connectivity index (χ4n) is 4.73. The van der Waals surface area contributed by atoms with E-state index in [-0.39, 0.29) is 34.9 Å². The minimum Gasteiger partial charge on any atom is -0.338 e. The molecule has 0 spiro atoms. The van der Waals surface area contributed by atoms with E-state index in [1.165, 1.54) is 10.4 Å². The number of benzene rings is 2. The molecule has 7 nitrogen and oxygen atoms in total. The van der Waals surface area contributed by atoms with E-state index in [4.69, 9.17) is 0 Å². The topological polar surface area (TPSA) is 86.8 Å². The minimum atomic E-state index is -3.76. The van der Waals surface area contributed by atoms with Crippen molar-refractivity contribution in [2.45, 2.75) is 56.0 Å². The van der Waals surface area contributed by atoms with Crippen molar-refractivity contribution in [1.29, 1.82) is 0 Å². The highest BCUT2D eigenvalue weighted by Crippen LogP contribution is 2.30. The summed E-state index contributed by atoms with van der Waals surface area (Å²) in [7, 11) is -2.13. The van der Waals surface area contributed by atoms with Crippen LogP contribution in [0.2, 0.25) is 0 Å². The summed E-state index contributed by atoms with van der Waals surface area (Å²) < 4.78 is 28.2. The van der Waals surface area contributed by atoms with Gasteiger partial charge in [0.25, 0.3) is 0 Å². The van der Waals surface area contributed by atoms with Crippen LogP contribution in [0, 0.1) is 5.92 Å². The summed E-state index contributed by atoms with van der Waals surface area (Å²) in [6.07, 6.45) is 5.02. The Balaban J connectivity index is 1.46. The molecule has 0 radical (unpaired) electrons. The van der Waals surface area contributed by atoms with Gasteiger partial charge in [0.05, 0.1) is 11.6 Å². The molecule has 1 saturated heterocycles. The van der Waals surface area contributed by atoms with Gasteiger partial charge in [-0.15, -0.1) is 0 Å². The van der Waals surface area contributed by atoms with Gasteiger partial charge in [0.1, 0.15) is 4.90 Å². The van der Waals surface area contributed by atoms with Gasteiger partial charge in [0.2, 0.25) is 21.8 Å². The second kappa shape index (κ2) is 10.1. The van der Waals surface area contributed by atoms with Crippen molar-refractivity contribution in [3.8, 4) is 0 Å². The van der Waals surface area contributed by atoms with E-state index in [9.17, 15) is 18.0 Å². The lowest BCUT2D eigenvalue weighted by atomic mass is 9.96. The van der Waals surface area contributed by atoms with Crippen LogP contribution in [0.15, 0.2) is 59.5 Å². The number of amides is 2. The molecule has 1 N–H and O–H groups in total. The number of carbonyl (C=O) groups excluding carboxylic acids is 2. The summed E-state index contributed by atoms with van der Waals surface area (Å²) in [4.78, 5) is 27.3. The van der Waals surface area contributed by atoms with Gasteiger partial charge in [-0.2, -0.15) is 4.31 Å². The fraction of sp³-hybridized carbons (Fsp3) is 0.440. The van der Waals surface area contributed by atoms with Crippen molar-refractivity contribution in [3.63, 3.8) is 0 Å². The van der Waals surface area contributed by atoms with Crippen LogP contribution in [-0.4, -0.2) is 49.1 Å². The van der Waals surface area contributed by atoms with Crippen molar-refractivity contribution < 1.29 is 18.0 Å². The molecule has 2 aromatic rings. The Hall–Kier alpha value is -2.71. The van der Waals surface area contributed by atoms with Crippen LogP contribution in [0.3, 0.4) is 0 Å². The van der Waals surface area contributed by atoms with Crippen molar-refractivity contribution in [2.75, 3.05) is 18.9 Å².